The monoisotopic (exact) mass is 730 g/mol. The number of piperidine rings is 1. The lowest BCUT2D eigenvalue weighted by Gasteiger charge is -2.36. The zero-order valence-electron chi connectivity index (χ0n) is 28.3. The molecule has 9 heteroatoms. The second-order valence-corrected chi connectivity index (χ2v) is 13.4. The summed E-state index contributed by atoms with van der Waals surface area (Å²) in [5, 5.41) is 39.6. The predicted octanol–water partition coefficient (Wildman–Crippen LogP) is 6.01. The molecule has 8 nitrogen and oxygen atoms in total. The minimum absolute atomic E-state index is 0. The van der Waals surface area contributed by atoms with Crippen LogP contribution < -0.4 is 5.32 Å². The Labute approximate surface area is 283 Å². The van der Waals surface area contributed by atoms with Crippen molar-refractivity contribution in [2.24, 2.45) is 53.3 Å². The van der Waals surface area contributed by atoms with E-state index in [0.717, 1.165) is 37.3 Å². The van der Waals surface area contributed by atoms with Crippen LogP contribution in [0.25, 0.3) is 0 Å². The summed E-state index contributed by atoms with van der Waals surface area (Å²) < 4.78 is 16.3. The molecule has 0 spiro atoms. The fourth-order valence-corrected chi connectivity index (χ4v) is 5.75. The van der Waals surface area contributed by atoms with Crippen LogP contribution >= 0.6 is 24.0 Å². The highest BCUT2D eigenvalue weighted by Gasteiger charge is 2.33. The summed E-state index contributed by atoms with van der Waals surface area (Å²) in [6.07, 6.45) is 0.654. The first-order chi connectivity index (χ1) is 19.2. The first kappa shape index (κ1) is 45.1. The fraction of sp³-hybridized carbons (Fsp3) is 0.971. The van der Waals surface area contributed by atoms with E-state index in [1.165, 1.54) is 0 Å². The Kier molecular flexibility index (Phi) is 23.5. The van der Waals surface area contributed by atoms with Gasteiger partial charge in [0.05, 0.1) is 61.8 Å². The van der Waals surface area contributed by atoms with Gasteiger partial charge in [0.25, 0.3) is 0 Å². The number of halogens is 1. The maximum atomic E-state index is 9.35. The number of rotatable bonds is 1. The minimum Gasteiger partial charge on any atom is -0.390 e. The third-order valence-corrected chi connectivity index (χ3v) is 10.9. The second kappa shape index (κ2) is 22.5. The molecule has 4 N–H and O–H groups in total. The Bertz CT molecular complexity index is 693. The zero-order chi connectivity index (χ0) is 31.4. The van der Waals surface area contributed by atoms with Gasteiger partial charge in [0.2, 0.25) is 0 Å². The Morgan fingerprint density at radius 1 is 0.674 bits per heavy atom. The molecule has 0 radical (unpaired) electrons. The third-order valence-electron chi connectivity index (χ3n) is 10.9. The lowest BCUT2D eigenvalue weighted by Crippen LogP contribution is -2.50. The van der Waals surface area contributed by atoms with Crippen LogP contribution in [0.3, 0.4) is 0 Å². The molecule has 4 saturated heterocycles. The molecule has 4 rings (SSSR count). The van der Waals surface area contributed by atoms with Crippen molar-refractivity contribution < 1.29 is 31.0 Å². The van der Waals surface area contributed by atoms with Crippen molar-refractivity contribution in [1.29, 1.82) is 5.26 Å². The first-order valence-corrected chi connectivity index (χ1v) is 16.2. The number of ether oxygens (including phenoxy) is 3. The summed E-state index contributed by atoms with van der Waals surface area (Å²) in [5.41, 5.74) is 0. The van der Waals surface area contributed by atoms with E-state index in [9.17, 15) is 10.2 Å². The van der Waals surface area contributed by atoms with Crippen LogP contribution in [0.2, 0.25) is 0 Å². The molecule has 15 atom stereocenters. The van der Waals surface area contributed by atoms with Gasteiger partial charge in [-0.1, -0.05) is 62.8 Å². The molecule has 43 heavy (non-hydrogen) atoms. The zero-order valence-corrected chi connectivity index (χ0v) is 30.7. The van der Waals surface area contributed by atoms with Crippen LogP contribution in [0.1, 0.15) is 91.4 Å². The summed E-state index contributed by atoms with van der Waals surface area (Å²) in [7, 11) is 0. The van der Waals surface area contributed by atoms with Crippen molar-refractivity contribution >= 4 is 24.0 Å². The van der Waals surface area contributed by atoms with Crippen LogP contribution in [0.5, 0.6) is 0 Å². The van der Waals surface area contributed by atoms with Gasteiger partial charge in [-0.05, 0) is 74.5 Å². The molecule has 0 aromatic rings. The maximum Gasteiger partial charge on any atom is 0.0926 e. The number of nitrogens with one attached hydrogen (secondary N) is 1. The van der Waals surface area contributed by atoms with Gasteiger partial charge >= 0.3 is 0 Å². The summed E-state index contributed by atoms with van der Waals surface area (Å²) in [6, 6.07) is 2.28. The average Bonchev–Trinajstić information content (AvgIpc) is 2.96. The quantitative estimate of drug-likeness (QED) is 0.242. The van der Waals surface area contributed by atoms with Crippen LogP contribution in [0.15, 0.2) is 0 Å². The van der Waals surface area contributed by atoms with Crippen molar-refractivity contribution in [2.75, 3.05) is 32.9 Å². The van der Waals surface area contributed by atoms with Gasteiger partial charge in [0.15, 0.2) is 0 Å². The SMILES string of the molecule is C.CC[C@H]1CNC[C@@H](O)[C@@H]1O.C[C@H]1[C@H](C)[C@@H](C)CO[C@H]1C.C[C@H]1[C@H](C)[C@@H](O)CO[C@H]1C.C[C@H]1[C@H](C)[C@H](C)OC[C@H]1C#N.I.[HH]. The van der Waals surface area contributed by atoms with E-state index in [4.69, 9.17) is 24.6 Å². The first-order valence-electron chi connectivity index (χ1n) is 16.2. The van der Waals surface area contributed by atoms with E-state index in [1.807, 2.05) is 6.92 Å². The molecule has 0 aromatic heterocycles. The van der Waals surface area contributed by atoms with E-state index in [0.29, 0.717) is 61.7 Å². The number of nitrogens with zero attached hydrogens (tertiary/aromatic N) is 1. The molecule has 4 aliphatic heterocycles. The molecule has 260 valence electrons. The topological polar surface area (TPSA) is 124 Å². The van der Waals surface area contributed by atoms with E-state index in [1.54, 1.807) is 0 Å². The maximum absolute atomic E-state index is 9.35. The van der Waals surface area contributed by atoms with Crippen LogP contribution in [-0.2, 0) is 14.2 Å². The number of aliphatic hydroxyl groups is 3. The molecule has 0 aromatic carbocycles. The highest BCUT2D eigenvalue weighted by Crippen LogP contribution is 2.31. The van der Waals surface area contributed by atoms with Crippen molar-refractivity contribution in [3.05, 3.63) is 0 Å². The van der Waals surface area contributed by atoms with Crippen LogP contribution in [0.4, 0.5) is 0 Å². The van der Waals surface area contributed by atoms with Gasteiger partial charge in [0.1, 0.15) is 0 Å². The van der Waals surface area contributed by atoms with Crippen molar-refractivity contribution in [3.63, 3.8) is 0 Å². The van der Waals surface area contributed by atoms with Gasteiger partial charge in [-0.25, -0.2) is 0 Å². The molecule has 0 aliphatic carbocycles. The van der Waals surface area contributed by atoms with Gasteiger partial charge in [-0.3, -0.25) is 0 Å². The smallest absolute Gasteiger partial charge is 0.0926 e. The molecule has 0 amide bonds. The van der Waals surface area contributed by atoms with Crippen LogP contribution in [0, 0.1) is 64.6 Å². The number of nitriles is 1. The molecular weight excluding hydrogens is 659 g/mol. The van der Waals surface area contributed by atoms with Crippen LogP contribution in [-0.4, -0.2) is 84.9 Å². The second-order valence-electron chi connectivity index (χ2n) is 13.4. The Morgan fingerprint density at radius 3 is 1.58 bits per heavy atom. The predicted molar refractivity (Wildman–Crippen MR) is 188 cm³/mol. The highest BCUT2D eigenvalue weighted by molar-refractivity contribution is 14.0. The highest BCUT2D eigenvalue weighted by atomic mass is 127. The molecule has 0 saturated carbocycles. The van der Waals surface area contributed by atoms with Crippen molar-refractivity contribution in [2.45, 2.75) is 127 Å². The number of β-amino-alcohol motifs (C(OH)–C–C–N with tert-alkyl or cyclic N) is 1. The lowest BCUT2D eigenvalue weighted by atomic mass is 9.80. The lowest BCUT2D eigenvalue weighted by molar-refractivity contribution is -0.109. The Hall–Kier alpha value is -0.0600. The molecular formula is C34H71IN2O6. The Morgan fingerprint density at radius 2 is 1.14 bits per heavy atom. The van der Waals surface area contributed by atoms with Crippen molar-refractivity contribution in [3.8, 4) is 6.07 Å². The third kappa shape index (κ3) is 14.1. The summed E-state index contributed by atoms with van der Waals surface area (Å²) in [4.78, 5) is 0. The largest absolute Gasteiger partial charge is 0.390 e. The number of hydrogen-bond acceptors (Lipinski definition) is 8. The summed E-state index contributed by atoms with van der Waals surface area (Å²) >= 11 is 0. The van der Waals surface area contributed by atoms with Gasteiger partial charge in [0, 0.05) is 21.1 Å². The average molecular weight is 731 g/mol. The molecule has 4 heterocycles. The van der Waals surface area contributed by atoms with Gasteiger partial charge in [-0.15, -0.1) is 24.0 Å². The fourth-order valence-electron chi connectivity index (χ4n) is 5.75. The van der Waals surface area contributed by atoms with E-state index in [2.05, 4.69) is 80.6 Å². The molecule has 0 unspecified atom stereocenters. The summed E-state index contributed by atoms with van der Waals surface area (Å²) in [5.74, 6) is 4.45. The molecule has 4 aliphatic rings. The standard InChI is InChI=1S/C9H15NO.C9H18O.C8H16O2.C7H15NO2.CH4.HI.H2/c1-6-7(2)9(4-10)5-11-8(6)3;1-6-5-10-9(4)8(3)7(6)2;1-5-6(2)8(9)4-10-7(5)3;1-2-5-3-8-4-6(9)7(5)10;;;/h6-9H,5H2,1-3H3;6-9H,5H2,1-4H3;5-9H,4H2,1-3H3;5-10H,2-4H2,1H3;1H4;2*1H/t6-,7-,8-,9+;6-,7+,8-,9-;5-,6-,7-,8-;5-,6+,7+;;;/m0000.../s1. The van der Waals surface area contributed by atoms with E-state index < -0.39 is 12.2 Å². The molecule has 0 bridgehead atoms. The normalized spacial score (nSPS) is 44.1. The van der Waals surface area contributed by atoms with E-state index >= 15 is 0 Å². The number of aliphatic hydroxyl groups excluding tert-OH is 3. The minimum atomic E-state index is -0.571. The molecule has 4 fully saturated rings. The van der Waals surface area contributed by atoms with Gasteiger partial charge < -0.3 is 34.8 Å². The Balaban J connectivity index is -0.000000498. The van der Waals surface area contributed by atoms with Gasteiger partial charge in [-0.2, -0.15) is 5.26 Å². The van der Waals surface area contributed by atoms with E-state index in [-0.39, 0.29) is 50.8 Å². The number of hydrogen-bond donors (Lipinski definition) is 4. The van der Waals surface area contributed by atoms with Crippen molar-refractivity contribution in [1.82, 2.24) is 5.32 Å². The summed E-state index contributed by atoms with van der Waals surface area (Å²) in [6.45, 7) is 27.1.